The van der Waals surface area contributed by atoms with E-state index in [-0.39, 0.29) is 5.02 Å². The zero-order valence-corrected chi connectivity index (χ0v) is 6.96. The van der Waals surface area contributed by atoms with Crippen molar-refractivity contribution < 1.29 is 4.39 Å². The third-order valence-electron chi connectivity index (χ3n) is 1.16. The molecule has 1 aromatic carbocycles. The molecule has 3 heteroatoms. The predicted octanol–water partition coefficient (Wildman–Crippen LogP) is 3.49. The van der Waals surface area contributed by atoms with Crippen LogP contribution in [0.5, 0.6) is 0 Å². The van der Waals surface area contributed by atoms with Gasteiger partial charge in [0.25, 0.3) is 0 Å². The summed E-state index contributed by atoms with van der Waals surface area (Å²) < 4.78 is 12.5. The van der Waals surface area contributed by atoms with E-state index in [1.165, 1.54) is 18.2 Å². The maximum atomic E-state index is 12.5. The molecule has 0 bridgehead atoms. The molecule has 0 saturated heterocycles. The van der Waals surface area contributed by atoms with Crippen LogP contribution in [0.25, 0.3) is 6.08 Å². The van der Waals surface area contributed by atoms with E-state index >= 15 is 0 Å². The summed E-state index contributed by atoms with van der Waals surface area (Å²) >= 11 is 10.7. The summed E-state index contributed by atoms with van der Waals surface area (Å²) in [4.78, 5) is 0. The quantitative estimate of drug-likeness (QED) is 0.635. The third kappa shape index (κ3) is 2.21. The predicted molar refractivity (Wildman–Crippen MR) is 45.0 cm³/mol. The highest BCUT2D eigenvalue weighted by Crippen LogP contribution is 2.16. The van der Waals surface area contributed by atoms with Crippen LogP contribution in [0.2, 0.25) is 5.02 Å². The van der Waals surface area contributed by atoms with Crippen LogP contribution in [0.1, 0.15) is 5.56 Å². The number of hydrogen-bond acceptors (Lipinski definition) is 0. The molecule has 0 atom stereocenters. The van der Waals surface area contributed by atoms with Crippen molar-refractivity contribution in [2.45, 2.75) is 0 Å². The lowest BCUT2D eigenvalue weighted by atomic mass is 10.2. The van der Waals surface area contributed by atoms with Crippen LogP contribution < -0.4 is 0 Å². The molecular formula is C8H4Cl2F. The summed E-state index contributed by atoms with van der Waals surface area (Å²) in [5.41, 5.74) is 3.02. The fraction of sp³-hybridized carbons (Fsp3) is 0. The van der Waals surface area contributed by atoms with Gasteiger partial charge in [0.1, 0.15) is 5.82 Å². The molecule has 11 heavy (non-hydrogen) atoms. The Kier molecular flexibility index (Phi) is 2.92. The molecular weight excluding hydrogens is 186 g/mol. The van der Waals surface area contributed by atoms with Crippen LogP contribution in [0.3, 0.4) is 0 Å². The number of hydrogen-bond donors (Lipinski definition) is 0. The van der Waals surface area contributed by atoms with E-state index in [0.717, 1.165) is 5.56 Å². The van der Waals surface area contributed by atoms with Gasteiger partial charge in [0.2, 0.25) is 0 Å². The van der Waals surface area contributed by atoms with E-state index < -0.39 is 5.82 Å². The van der Waals surface area contributed by atoms with E-state index in [2.05, 4.69) is 5.54 Å². The largest absolute Gasteiger partial charge is 0.205 e. The summed E-state index contributed by atoms with van der Waals surface area (Å²) in [6, 6.07) is 4.32. The lowest BCUT2D eigenvalue weighted by Crippen LogP contribution is -1.77. The van der Waals surface area contributed by atoms with E-state index in [1.807, 2.05) is 0 Å². The Labute approximate surface area is 74.2 Å². The first-order valence-electron chi connectivity index (χ1n) is 2.88. The van der Waals surface area contributed by atoms with Gasteiger partial charge >= 0.3 is 0 Å². The Morgan fingerprint density at radius 3 is 2.73 bits per heavy atom. The molecule has 0 heterocycles. The summed E-state index contributed by atoms with van der Waals surface area (Å²) in [6.07, 6.45) is 1.51. The molecule has 0 aromatic heterocycles. The van der Waals surface area contributed by atoms with E-state index in [0.29, 0.717) is 0 Å². The molecule has 1 rings (SSSR count). The van der Waals surface area contributed by atoms with Crippen LogP contribution in [0.4, 0.5) is 4.39 Å². The van der Waals surface area contributed by atoms with E-state index in [9.17, 15) is 4.39 Å². The number of rotatable bonds is 1. The lowest BCUT2D eigenvalue weighted by molar-refractivity contribution is 0.628. The Balaban J connectivity index is 3.05. The normalized spacial score (nSPS) is 10.8. The molecule has 0 fully saturated rings. The van der Waals surface area contributed by atoms with Crippen LogP contribution in [-0.2, 0) is 0 Å². The number of halogens is 3. The van der Waals surface area contributed by atoms with Crippen molar-refractivity contribution in [3.63, 3.8) is 0 Å². The lowest BCUT2D eigenvalue weighted by Gasteiger charge is -1.94. The third-order valence-corrected chi connectivity index (χ3v) is 1.56. The smallest absolute Gasteiger partial charge is 0.141 e. The first-order valence-corrected chi connectivity index (χ1v) is 3.64. The fourth-order valence-electron chi connectivity index (χ4n) is 0.665. The van der Waals surface area contributed by atoms with Crippen molar-refractivity contribution in [3.05, 3.63) is 40.1 Å². The van der Waals surface area contributed by atoms with Gasteiger partial charge in [-0.2, -0.15) is 0 Å². The monoisotopic (exact) mass is 189 g/mol. The molecule has 0 amide bonds. The molecule has 0 aliphatic carbocycles. The zero-order chi connectivity index (χ0) is 8.27. The Morgan fingerprint density at radius 2 is 2.18 bits per heavy atom. The molecule has 0 unspecified atom stereocenters. The Bertz CT molecular complexity index is 281. The molecule has 0 aliphatic heterocycles. The van der Waals surface area contributed by atoms with E-state index in [1.54, 1.807) is 6.07 Å². The second-order valence-corrected chi connectivity index (χ2v) is 2.55. The van der Waals surface area contributed by atoms with Gasteiger partial charge in [0.05, 0.1) is 10.6 Å². The SMILES string of the molecule is Fc1ccc(C=[C]Cl)cc1Cl. The Morgan fingerprint density at radius 1 is 1.45 bits per heavy atom. The highest BCUT2D eigenvalue weighted by Gasteiger charge is 1.97. The van der Waals surface area contributed by atoms with E-state index in [4.69, 9.17) is 23.2 Å². The first-order chi connectivity index (χ1) is 5.24. The first kappa shape index (κ1) is 8.57. The van der Waals surface area contributed by atoms with Gasteiger partial charge in [0, 0.05) is 0 Å². The Hall–Kier alpha value is -0.530. The van der Waals surface area contributed by atoms with Crippen molar-refractivity contribution in [1.29, 1.82) is 0 Å². The van der Waals surface area contributed by atoms with Crippen LogP contribution in [-0.4, -0.2) is 0 Å². The molecule has 1 radical (unpaired) electrons. The maximum absolute atomic E-state index is 12.5. The highest BCUT2D eigenvalue weighted by molar-refractivity contribution is 6.30. The van der Waals surface area contributed by atoms with Gasteiger partial charge in [-0.05, 0) is 23.8 Å². The van der Waals surface area contributed by atoms with Crippen LogP contribution in [0, 0.1) is 11.4 Å². The van der Waals surface area contributed by atoms with Gasteiger partial charge in [-0.3, -0.25) is 0 Å². The van der Waals surface area contributed by atoms with Gasteiger partial charge in [-0.1, -0.05) is 29.3 Å². The molecule has 57 valence electrons. The van der Waals surface area contributed by atoms with Crippen molar-refractivity contribution >= 4 is 29.3 Å². The van der Waals surface area contributed by atoms with Crippen molar-refractivity contribution in [2.75, 3.05) is 0 Å². The second kappa shape index (κ2) is 3.74. The zero-order valence-electron chi connectivity index (χ0n) is 5.44. The molecule has 0 nitrogen and oxygen atoms in total. The van der Waals surface area contributed by atoms with Crippen molar-refractivity contribution in [1.82, 2.24) is 0 Å². The van der Waals surface area contributed by atoms with Gasteiger partial charge in [-0.15, -0.1) is 0 Å². The van der Waals surface area contributed by atoms with Gasteiger partial charge < -0.3 is 0 Å². The highest BCUT2D eigenvalue weighted by atomic mass is 35.5. The summed E-state index contributed by atoms with van der Waals surface area (Å²) in [6.45, 7) is 0. The fourth-order valence-corrected chi connectivity index (χ4v) is 0.980. The summed E-state index contributed by atoms with van der Waals surface area (Å²) in [5.74, 6) is -0.432. The van der Waals surface area contributed by atoms with Crippen molar-refractivity contribution in [2.24, 2.45) is 0 Å². The minimum Gasteiger partial charge on any atom is -0.205 e. The standard InChI is InChI=1S/C8H4Cl2F/c9-4-3-6-1-2-8(11)7(10)5-6/h1-3,5H. The van der Waals surface area contributed by atoms with Gasteiger partial charge in [-0.25, -0.2) is 4.39 Å². The van der Waals surface area contributed by atoms with Gasteiger partial charge in [0.15, 0.2) is 0 Å². The number of benzene rings is 1. The topological polar surface area (TPSA) is 0 Å². The molecule has 1 aromatic rings. The molecule has 0 N–H and O–H groups in total. The molecule has 0 saturated carbocycles. The van der Waals surface area contributed by atoms with Crippen molar-refractivity contribution in [3.8, 4) is 0 Å². The minimum absolute atomic E-state index is 0.0886. The van der Waals surface area contributed by atoms with Crippen LogP contribution in [0.15, 0.2) is 18.2 Å². The average Bonchev–Trinajstić information content (AvgIpc) is 1.98. The summed E-state index contributed by atoms with van der Waals surface area (Å²) in [5, 5.41) is 0.0886. The molecule has 0 aliphatic rings. The second-order valence-electron chi connectivity index (χ2n) is 1.93. The van der Waals surface area contributed by atoms with Crippen LogP contribution >= 0.6 is 23.2 Å². The summed E-state index contributed by atoms with van der Waals surface area (Å²) in [7, 11) is 0. The average molecular weight is 190 g/mol. The minimum atomic E-state index is -0.432. The maximum Gasteiger partial charge on any atom is 0.141 e. The molecule has 0 spiro atoms.